The monoisotopic (exact) mass is 236 g/mol. The van der Waals surface area contributed by atoms with E-state index in [9.17, 15) is 4.79 Å². The smallest absolute Gasteiger partial charge is 0.239 e. The number of nitrogens with two attached hydrogens (primary N) is 1. The number of rotatable bonds is 6. The standard InChI is InChI=1S/C13H20N2O2/c1-2-15(8-9-16)13(17)12(14)10-11-6-4-3-5-7-11/h3-7,12,16H,2,8-10,14H2,1H3. The first-order valence-electron chi connectivity index (χ1n) is 5.88. The Morgan fingerprint density at radius 2 is 2.06 bits per heavy atom. The number of likely N-dealkylation sites (N-methyl/N-ethyl adjacent to an activating group) is 1. The van der Waals surface area contributed by atoms with Crippen molar-refractivity contribution in [2.75, 3.05) is 19.7 Å². The quantitative estimate of drug-likeness (QED) is 0.751. The molecule has 4 heteroatoms. The topological polar surface area (TPSA) is 66.6 Å². The molecule has 0 aliphatic heterocycles. The van der Waals surface area contributed by atoms with Gasteiger partial charge in [0.25, 0.3) is 0 Å². The van der Waals surface area contributed by atoms with Crippen molar-refractivity contribution in [3.05, 3.63) is 35.9 Å². The van der Waals surface area contributed by atoms with Crippen LogP contribution in [0.3, 0.4) is 0 Å². The largest absolute Gasteiger partial charge is 0.395 e. The second kappa shape index (κ2) is 7.04. The van der Waals surface area contributed by atoms with Gasteiger partial charge in [0.1, 0.15) is 0 Å². The van der Waals surface area contributed by atoms with E-state index in [4.69, 9.17) is 10.8 Å². The summed E-state index contributed by atoms with van der Waals surface area (Å²) in [5, 5.41) is 8.85. The Labute approximate surface area is 102 Å². The number of amides is 1. The highest BCUT2D eigenvalue weighted by Crippen LogP contribution is 2.04. The van der Waals surface area contributed by atoms with Crippen LogP contribution in [0.15, 0.2) is 30.3 Å². The number of benzene rings is 1. The fourth-order valence-corrected chi connectivity index (χ4v) is 1.73. The second-order valence-electron chi connectivity index (χ2n) is 3.94. The van der Waals surface area contributed by atoms with Crippen molar-refractivity contribution in [1.29, 1.82) is 0 Å². The first kappa shape index (κ1) is 13.7. The molecule has 1 aromatic carbocycles. The lowest BCUT2D eigenvalue weighted by molar-refractivity contribution is -0.132. The van der Waals surface area contributed by atoms with E-state index in [2.05, 4.69) is 0 Å². The first-order chi connectivity index (χ1) is 8.19. The number of hydrogen-bond acceptors (Lipinski definition) is 3. The second-order valence-corrected chi connectivity index (χ2v) is 3.94. The van der Waals surface area contributed by atoms with Gasteiger partial charge in [0, 0.05) is 13.1 Å². The van der Waals surface area contributed by atoms with Crippen molar-refractivity contribution >= 4 is 5.91 Å². The third kappa shape index (κ3) is 4.17. The average molecular weight is 236 g/mol. The highest BCUT2D eigenvalue weighted by molar-refractivity contribution is 5.82. The third-order valence-electron chi connectivity index (χ3n) is 2.68. The fraction of sp³-hybridized carbons (Fsp3) is 0.462. The van der Waals surface area contributed by atoms with Crippen LogP contribution in [0.2, 0.25) is 0 Å². The molecule has 94 valence electrons. The van der Waals surface area contributed by atoms with E-state index >= 15 is 0 Å². The summed E-state index contributed by atoms with van der Waals surface area (Å²) in [6.45, 7) is 2.76. The van der Waals surface area contributed by atoms with Crippen molar-refractivity contribution in [3.63, 3.8) is 0 Å². The molecule has 1 unspecified atom stereocenters. The Hall–Kier alpha value is -1.39. The number of carbonyl (C=O) groups excluding carboxylic acids is 1. The Balaban J connectivity index is 2.57. The molecule has 1 rings (SSSR count). The summed E-state index contributed by atoms with van der Waals surface area (Å²) in [6.07, 6.45) is 0.529. The van der Waals surface area contributed by atoms with Crippen LogP contribution in [0.1, 0.15) is 12.5 Å². The molecule has 3 N–H and O–H groups in total. The minimum Gasteiger partial charge on any atom is -0.395 e. The van der Waals surface area contributed by atoms with Gasteiger partial charge in [-0.3, -0.25) is 4.79 Å². The lowest BCUT2D eigenvalue weighted by Crippen LogP contribution is -2.45. The normalized spacial score (nSPS) is 12.2. The van der Waals surface area contributed by atoms with E-state index in [1.807, 2.05) is 37.3 Å². The molecular formula is C13H20N2O2. The minimum absolute atomic E-state index is 0.0301. The van der Waals surface area contributed by atoms with E-state index < -0.39 is 6.04 Å². The Bertz CT molecular complexity index is 341. The van der Waals surface area contributed by atoms with Crippen LogP contribution in [0.5, 0.6) is 0 Å². The molecule has 0 aromatic heterocycles. The highest BCUT2D eigenvalue weighted by Gasteiger charge is 2.19. The molecule has 0 heterocycles. The predicted molar refractivity (Wildman–Crippen MR) is 67.5 cm³/mol. The van der Waals surface area contributed by atoms with E-state index in [0.29, 0.717) is 19.5 Å². The molecule has 0 spiro atoms. The molecule has 0 fully saturated rings. The van der Waals surface area contributed by atoms with Crippen molar-refractivity contribution in [2.45, 2.75) is 19.4 Å². The lowest BCUT2D eigenvalue weighted by Gasteiger charge is -2.23. The SMILES string of the molecule is CCN(CCO)C(=O)C(N)Cc1ccccc1. The lowest BCUT2D eigenvalue weighted by atomic mass is 10.1. The van der Waals surface area contributed by atoms with Crippen LogP contribution in [0.4, 0.5) is 0 Å². The van der Waals surface area contributed by atoms with Crippen LogP contribution in [0, 0.1) is 0 Å². The number of carbonyl (C=O) groups is 1. The third-order valence-corrected chi connectivity index (χ3v) is 2.68. The van der Waals surface area contributed by atoms with Crippen molar-refractivity contribution in [3.8, 4) is 0 Å². The Kier molecular flexibility index (Phi) is 5.66. The van der Waals surface area contributed by atoms with E-state index in [0.717, 1.165) is 5.56 Å². The average Bonchev–Trinajstić information content (AvgIpc) is 2.36. The van der Waals surface area contributed by atoms with Crippen LogP contribution in [0.25, 0.3) is 0 Å². The van der Waals surface area contributed by atoms with Crippen LogP contribution in [-0.2, 0) is 11.2 Å². The van der Waals surface area contributed by atoms with Crippen LogP contribution < -0.4 is 5.73 Å². The fourth-order valence-electron chi connectivity index (χ4n) is 1.73. The number of aliphatic hydroxyl groups is 1. The summed E-state index contributed by atoms with van der Waals surface area (Å²) in [5.74, 6) is -0.106. The summed E-state index contributed by atoms with van der Waals surface area (Å²) in [6, 6.07) is 9.16. The highest BCUT2D eigenvalue weighted by atomic mass is 16.3. The molecule has 1 amide bonds. The number of nitrogens with zero attached hydrogens (tertiary/aromatic N) is 1. The van der Waals surface area contributed by atoms with Crippen molar-refractivity contribution in [2.24, 2.45) is 5.73 Å². The maximum absolute atomic E-state index is 12.0. The van der Waals surface area contributed by atoms with E-state index in [1.54, 1.807) is 4.90 Å². The molecule has 0 saturated carbocycles. The van der Waals surface area contributed by atoms with Crippen molar-refractivity contribution < 1.29 is 9.90 Å². The number of aliphatic hydroxyl groups excluding tert-OH is 1. The zero-order valence-corrected chi connectivity index (χ0v) is 10.2. The first-order valence-corrected chi connectivity index (χ1v) is 5.88. The van der Waals surface area contributed by atoms with Gasteiger partial charge in [-0.1, -0.05) is 30.3 Å². The molecule has 4 nitrogen and oxygen atoms in total. The molecule has 0 saturated heterocycles. The summed E-state index contributed by atoms with van der Waals surface area (Å²) < 4.78 is 0. The van der Waals surface area contributed by atoms with Gasteiger partial charge in [0.05, 0.1) is 12.6 Å². The summed E-state index contributed by atoms with van der Waals surface area (Å²) >= 11 is 0. The van der Waals surface area contributed by atoms with E-state index in [-0.39, 0.29) is 12.5 Å². The maximum Gasteiger partial charge on any atom is 0.239 e. The minimum atomic E-state index is -0.538. The van der Waals surface area contributed by atoms with Gasteiger partial charge in [-0.25, -0.2) is 0 Å². The van der Waals surface area contributed by atoms with Gasteiger partial charge in [0.2, 0.25) is 5.91 Å². The van der Waals surface area contributed by atoms with E-state index in [1.165, 1.54) is 0 Å². The Morgan fingerprint density at radius 3 is 2.59 bits per heavy atom. The van der Waals surface area contributed by atoms with Gasteiger partial charge < -0.3 is 15.7 Å². The van der Waals surface area contributed by atoms with Crippen LogP contribution in [-0.4, -0.2) is 41.7 Å². The Morgan fingerprint density at radius 1 is 1.41 bits per heavy atom. The van der Waals surface area contributed by atoms with Gasteiger partial charge >= 0.3 is 0 Å². The zero-order chi connectivity index (χ0) is 12.7. The predicted octanol–water partition coefficient (Wildman–Crippen LogP) is 0.397. The summed E-state index contributed by atoms with van der Waals surface area (Å²) in [4.78, 5) is 13.5. The maximum atomic E-state index is 12.0. The molecular weight excluding hydrogens is 216 g/mol. The summed E-state index contributed by atoms with van der Waals surface area (Å²) in [5.41, 5.74) is 6.93. The molecule has 0 radical (unpaired) electrons. The van der Waals surface area contributed by atoms with Crippen molar-refractivity contribution in [1.82, 2.24) is 4.90 Å². The molecule has 0 bridgehead atoms. The number of hydrogen-bond donors (Lipinski definition) is 2. The van der Waals surface area contributed by atoms with Crippen LogP contribution >= 0.6 is 0 Å². The summed E-state index contributed by atoms with van der Waals surface area (Å²) in [7, 11) is 0. The molecule has 1 aromatic rings. The molecule has 17 heavy (non-hydrogen) atoms. The van der Waals surface area contributed by atoms with Gasteiger partial charge in [-0.15, -0.1) is 0 Å². The van der Waals surface area contributed by atoms with Gasteiger partial charge in [-0.05, 0) is 18.9 Å². The van der Waals surface area contributed by atoms with Gasteiger partial charge in [-0.2, -0.15) is 0 Å². The molecule has 1 atom stereocenters. The van der Waals surface area contributed by atoms with Gasteiger partial charge in [0.15, 0.2) is 0 Å². The molecule has 0 aliphatic carbocycles. The zero-order valence-electron chi connectivity index (χ0n) is 10.2. The molecule has 0 aliphatic rings.